The smallest absolute Gasteiger partial charge is 0.178 e. The average molecular weight is 288 g/mol. The maximum Gasteiger partial charge on any atom is 0.178 e. The fraction of sp³-hybridized carbons (Fsp3) is 0.286. The van der Waals surface area contributed by atoms with Gasteiger partial charge >= 0.3 is 0 Å². The summed E-state index contributed by atoms with van der Waals surface area (Å²) in [7, 11) is 1.98. The largest absolute Gasteiger partial charge is 0.492 e. The number of fused-ring (bicyclic) bond motifs is 1. The van der Waals surface area contributed by atoms with Crippen molar-refractivity contribution in [1.29, 1.82) is 0 Å². The number of nitrogens with zero attached hydrogens (tertiary/aromatic N) is 3. The van der Waals surface area contributed by atoms with Gasteiger partial charge in [-0.3, -0.25) is 0 Å². The number of aromatic nitrogens is 4. The molecule has 0 fully saturated rings. The molecule has 1 N–H and O–H groups in total. The van der Waals surface area contributed by atoms with Crippen molar-refractivity contribution >= 4 is 23.3 Å². The zero-order valence-corrected chi connectivity index (χ0v) is 12.3. The van der Waals surface area contributed by atoms with E-state index in [0.29, 0.717) is 17.9 Å². The Bertz CT molecular complexity index is 799. The maximum absolute atomic E-state index is 5.63. The molecule has 0 saturated carbocycles. The second-order valence-electron chi connectivity index (χ2n) is 4.55. The Labute approximate surface area is 121 Å². The number of aryl methyl sites for hydroxylation is 1. The Hall–Kier alpha value is -2.08. The van der Waals surface area contributed by atoms with E-state index in [9.17, 15) is 0 Å². The third-order valence-corrected chi connectivity index (χ3v) is 3.61. The molecule has 2 heterocycles. The number of rotatable bonds is 4. The summed E-state index contributed by atoms with van der Waals surface area (Å²) in [5.41, 5.74) is 1.97. The molecular formula is C14H16N4OS. The Kier molecular flexibility index (Phi) is 3.31. The molecule has 0 spiro atoms. The van der Waals surface area contributed by atoms with Crippen LogP contribution in [0.15, 0.2) is 30.6 Å². The van der Waals surface area contributed by atoms with Crippen LogP contribution in [-0.2, 0) is 13.6 Å². The number of para-hydroxylation sites is 1. The molecule has 0 saturated heterocycles. The predicted molar refractivity (Wildman–Crippen MR) is 80.6 cm³/mol. The Morgan fingerprint density at radius 3 is 2.95 bits per heavy atom. The van der Waals surface area contributed by atoms with Crippen LogP contribution in [0.2, 0.25) is 0 Å². The van der Waals surface area contributed by atoms with Crippen LogP contribution in [-0.4, -0.2) is 25.7 Å². The van der Waals surface area contributed by atoms with Gasteiger partial charge < -0.3 is 18.9 Å². The van der Waals surface area contributed by atoms with Crippen molar-refractivity contribution in [3.05, 3.63) is 41.2 Å². The lowest BCUT2D eigenvalue weighted by Gasteiger charge is -2.06. The van der Waals surface area contributed by atoms with Crippen LogP contribution in [0.5, 0.6) is 5.75 Å². The van der Waals surface area contributed by atoms with Gasteiger partial charge in [-0.15, -0.1) is 0 Å². The average Bonchev–Trinajstić information content (AvgIpc) is 2.97. The quantitative estimate of drug-likeness (QED) is 0.751. The number of benzene rings is 1. The third-order valence-electron chi connectivity index (χ3n) is 3.29. The highest BCUT2D eigenvalue weighted by atomic mass is 32.1. The summed E-state index contributed by atoms with van der Waals surface area (Å²) >= 11 is 5.43. The first-order chi connectivity index (χ1) is 9.70. The summed E-state index contributed by atoms with van der Waals surface area (Å²) in [6.07, 6.45) is 3.72. The van der Waals surface area contributed by atoms with Crippen molar-refractivity contribution in [2.24, 2.45) is 7.05 Å². The topological polar surface area (TPSA) is 47.8 Å². The molecule has 2 aromatic heterocycles. The molecule has 3 rings (SSSR count). The first-order valence-corrected chi connectivity index (χ1v) is 6.92. The van der Waals surface area contributed by atoms with Crippen LogP contribution >= 0.6 is 12.2 Å². The Morgan fingerprint density at radius 1 is 1.40 bits per heavy atom. The van der Waals surface area contributed by atoms with Gasteiger partial charge in [0.2, 0.25) is 0 Å². The molecule has 0 aliphatic rings. The van der Waals surface area contributed by atoms with E-state index in [2.05, 4.69) is 9.97 Å². The van der Waals surface area contributed by atoms with E-state index in [-0.39, 0.29) is 0 Å². The number of hydrogen-bond acceptors (Lipinski definition) is 3. The molecule has 104 valence electrons. The molecule has 0 unspecified atom stereocenters. The Balaban J connectivity index is 2.12. The fourth-order valence-corrected chi connectivity index (χ4v) is 2.54. The first kappa shape index (κ1) is 12.9. The third kappa shape index (κ3) is 2.12. The van der Waals surface area contributed by atoms with Gasteiger partial charge in [0, 0.05) is 19.4 Å². The minimum Gasteiger partial charge on any atom is -0.492 e. The molecule has 0 radical (unpaired) electrons. The standard InChI is InChI=1S/C14H16N4OS/c1-3-19-11-6-4-5-10-13(11)16-14(20)18(10)9-12-15-7-8-17(12)2/h4-8H,3,9H2,1-2H3,(H,16,20). The van der Waals surface area contributed by atoms with Gasteiger partial charge in [0.15, 0.2) is 4.77 Å². The molecule has 6 heteroatoms. The summed E-state index contributed by atoms with van der Waals surface area (Å²) in [6, 6.07) is 5.96. The van der Waals surface area contributed by atoms with Crippen molar-refractivity contribution in [3.8, 4) is 5.75 Å². The minimum absolute atomic E-state index is 0.629. The minimum atomic E-state index is 0.629. The van der Waals surface area contributed by atoms with E-state index in [0.717, 1.165) is 22.6 Å². The predicted octanol–water partition coefficient (Wildman–Crippen LogP) is 2.88. The molecule has 0 bridgehead atoms. The summed E-state index contributed by atoms with van der Waals surface area (Å²) in [4.78, 5) is 7.58. The zero-order chi connectivity index (χ0) is 14.1. The van der Waals surface area contributed by atoms with Gasteiger partial charge in [-0.1, -0.05) is 6.07 Å². The molecule has 3 aromatic rings. The lowest BCUT2D eigenvalue weighted by molar-refractivity contribution is 0.343. The number of nitrogens with one attached hydrogen (secondary N) is 1. The lowest BCUT2D eigenvalue weighted by Crippen LogP contribution is -2.05. The monoisotopic (exact) mass is 288 g/mol. The van der Waals surface area contributed by atoms with E-state index in [1.807, 2.05) is 47.5 Å². The highest BCUT2D eigenvalue weighted by Crippen LogP contribution is 2.25. The van der Waals surface area contributed by atoms with Crippen LogP contribution in [0.4, 0.5) is 0 Å². The number of H-pyrrole nitrogens is 1. The summed E-state index contributed by atoms with van der Waals surface area (Å²) < 4.78 is 10.3. The Morgan fingerprint density at radius 2 is 2.25 bits per heavy atom. The van der Waals surface area contributed by atoms with Crippen LogP contribution < -0.4 is 4.74 Å². The highest BCUT2D eigenvalue weighted by molar-refractivity contribution is 7.71. The number of hydrogen-bond donors (Lipinski definition) is 1. The highest BCUT2D eigenvalue weighted by Gasteiger charge is 2.10. The van der Waals surface area contributed by atoms with Gasteiger partial charge in [0.25, 0.3) is 0 Å². The van der Waals surface area contributed by atoms with Gasteiger partial charge in [0.05, 0.1) is 18.7 Å². The van der Waals surface area contributed by atoms with Gasteiger partial charge in [0.1, 0.15) is 17.1 Å². The molecular weight excluding hydrogens is 272 g/mol. The first-order valence-electron chi connectivity index (χ1n) is 6.51. The second-order valence-corrected chi connectivity index (χ2v) is 4.94. The SMILES string of the molecule is CCOc1cccc2c1[nH]c(=S)n2Cc1nccn1C. The normalized spacial score (nSPS) is 11.1. The van der Waals surface area contributed by atoms with E-state index < -0.39 is 0 Å². The number of imidazole rings is 2. The molecule has 0 amide bonds. The van der Waals surface area contributed by atoms with Crippen molar-refractivity contribution < 1.29 is 4.74 Å². The fourth-order valence-electron chi connectivity index (χ4n) is 2.28. The maximum atomic E-state index is 5.63. The number of aromatic amines is 1. The van der Waals surface area contributed by atoms with Crippen molar-refractivity contribution in [2.45, 2.75) is 13.5 Å². The van der Waals surface area contributed by atoms with Crippen LogP contribution in [0.1, 0.15) is 12.7 Å². The summed E-state index contributed by atoms with van der Waals surface area (Å²) in [5.74, 6) is 1.79. The van der Waals surface area contributed by atoms with Crippen LogP contribution in [0, 0.1) is 4.77 Å². The van der Waals surface area contributed by atoms with Crippen LogP contribution in [0.3, 0.4) is 0 Å². The summed E-state index contributed by atoms with van der Waals surface area (Å²) in [5, 5.41) is 0. The van der Waals surface area contributed by atoms with Crippen molar-refractivity contribution in [3.63, 3.8) is 0 Å². The molecule has 0 aliphatic heterocycles. The van der Waals surface area contributed by atoms with Crippen molar-refractivity contribution in [1.82, 2.24) is 19.1 Å². The zero-order valence-electron chi connectivity index (χ0n) is 11.5. The molecule has 0 aliphatic carbocycles. The molecule has 1 aromatic carbocycles. The summed E-state index contributed by atoms with van der Waals surface area (Å²) in [6.45, 7) is 3.24. The molecule has 0 atom stereocenters. The van der Waals surface area contributed by atoms with Gasteiger partial charge in [-0.25, -0.2) is 4.98 Å². The second kappa shape index (κ2) is 5.13. The molecule has 5 nitrogen and oxygen atoms in total. The van der Waals surface area contributed by atoms with Crippen molar-refractivity contribution in [2.75, 3.05) is 6.61 Å². The van der Waals surface area contributed by atoms with E-state index >= 15 is 0 Å². The van der Waals surface area contributed by atoms with Crippen LogP contribution in [0.25, 0.3) is 11.0 Å². The van der Waals surface area contributed by atoms with E-state index in [1.165, 1.54) is 0 Å². The van der Waals surface area contributed by atoms with E-state index in [4.69, 9.17) is 17.0 Å². The van der Waals surface area contributed by atoms with Gasteiger partial charge in [-0.2, -0.15) is 0 Å². The molecule has 20 heavy (non-hydrogen) atoms. The number of ether oxygens (including phenoxy) is 1. The lowest BCUT2D eigenvalue weighted by atomic mass is 10.3. The van der Waals surface area contributed by atoms with Gasteiger partial charge in [-0.05, 0) is 31.3 Å². The van der Waals surface area contributed by atoms with E-state index in [1.54, 1.807) is 6.20 Å².